The first kappa shape index (κ1) is 16.3. The molecule has 126 valence electrons. The lowest BCUT2D eigenvalue weighted by Crippen LogP contribution is -2.38. The summed E-state index contributed by atoms with van der Waals surface area (Å²) in [7, 11) is 0. The number of likely N-dealkylation sites (tertiary alicyclic amines) is 1. The lowest BCUT2D eigenvalue weighted by Gasteiger charge is -2.30. The molecule has 1 amide bonds. The van der Waals surface area contributed by atoms with E-state index in [1.54, 1.807) is 0 Å². The van der Waals surface area contributed by atoms with E-state index in [1.807, 2.05) is 24.8 Å². The number of rotatable bonds is 2. The van der Waals surface area contributed by atoms with Gasteiger partial charge in [0.2, 0.25) is 11.8 Å². The Morgan fingerprint density at radius 2 is 1.78 bits per heavy atom. The van der Waals surface area contributed by atoms with Crippen LogP contribution in [0.1, 0.15) is 55.2 Å². The van der Waals surface area contributed by atoms with Crippen LogP contribution in [0.3, 0.4) is 0 Å². The van der Waals surface area contributed by atoms with Gasteiger partial charge in [-0.3, -0.25) is 4.79 Å². The van der Waals surface area contributed by atoms with E-state index in [0.717, 1.165) is 23.6 Å². The van der Waals surface area contributed by atoms with Crippen LogP contribution in [0.4, 0.5) is 8.78 Å². The van der Waals surface area contributed by atoms with Gasteiger partial charge in [-0.1, -0.05) is 0 Å². The Kier molecular flexibility index (Phi) is 4.34. The fourth-order valence-electron chi connectivity index (χ4n) is 3.65. The van der Waals surface area contributed by atoms with Gasteiger partial charge in [-0.15, -0.1) is 0 Å². The molecule has 4 nitrogen and oxygen atoms in total. The molecule has 23 heavy (non-hydrogen) atoms. The van der Waals surface area contributed by atoms with Crippen molar-refractivity contribution >= 4 is 5.91 Å². The second-order valence-electron chi connectivity index (χ2n) is 6.91. The molecule has 1 saturated heterocycles. The number of aromatic nitrogens is 2. The zero-order valence-corrected chi connectivity index (χ0v) is 13.7. The predicted molar refractivity (Wildman–Crippen MR) is 82.3 cm³/mol. The highest BCUT2D eigenvalue weighted by atomic mass is 19.3. The van der Waals surface area contributed by atoms with Crippen LogP contribution in [-0.2, 0) is 4.79 Å². The van der Waals surface area contributed by atoms with Gasteiger partial charge in [-0.25, -0.2) is 18.7 Å². The molecule has 0 N–H and O–H groups in total. The standard InChI is InChI=1S/C17H23F2N3O/c1-11-9-12(2)21-15(20-11)14-5-8-22(10-14)16(23)13-3-6-17(18,19)7-4-13/h9,13-14H,3-8,10H2,1-2H3/t14-/m0/s1. The van der Waals surface area contributed by atoms with Crippen LogP contribution >= 0.6 is 0 Å². The maximum atomic E-state index is 13.2. The van der Waals surface area contributed by atoms with E-state index < -0.39 is 5.92 Å². The average molecular weight is 323 g/mol. The van der Waals surface area contributed by atoms with Gasteiger partial charge >= 0.3 is 0 Å². The molecule has 2 fully saturated rings. The molecule has 3 rings (SSSR count). The molecule has 0 bridgehead atoms. The van der Waals surface area contributed by atoms with E-state index >= 15 is 0 Å². The number of nitrogens with zero attached hydrogens (tertiary/aromatic N) is 3. The normalized spacial score (nSPS) is 24.9. The van der Waals surface area contributed by atoms with Crippen molar-refractivity contribution in [2.24, 2.45) is 5.92 Å². The second-order valence-corrected chi connectivity index (χ2v) is 6.91. The number of aryl methyl sites for hydroxylation is 2. The Morgan fingerprint density at radius 1 is 1.17 bits per heavy atom. The zero-order chi connectivity index (χ0) is 16.6. The first-order valence-corrected chi connectivity index (χ1v) is 8.33. The maximum Gasteiger partial charge on any atom is 0.248 e. The van der Waals surface area contributed by atoms with Crippen LogP contribution in [0.2, 0.25) is 0 Å². The van der Waals surface area contributed by atoms with Crippen LogP contribution in [0, 0.1) is 19.8 Å². The molecule has 2 aliphatic rings. The van der Waals surface area contributed by atoms with E-state index in [4.69, 9.17) is 0 Å². The lowest BCUT2D eigenvalue weighted by molar-refractivity contribution is -0.138. The van der Waals surface area contributed by atoms with Gasteiger partial charge in [-0.05, 0) is 39.2 Å². The number of hydrogen-bond acceptors (Lipinski definition) is 3. The largest absolute Gasteiger partial charge is 0.342 e. The first-order valence-electron chi connectivity index (χ1n) is 8.33. The van der Waals surface area contributed by atoms with Crippen molar-refractivity contribution < 1.29 is 13.6 Å². The minimum atomic E-state index is -2.59. The molecular formula is C17H23F2N3O. The highest BCUT2D eigenvalue weighted by Gasteiger charge is 2.40. The molecule has 1 aromatic rings. The summed E-state index contributed by atoms with van der Waals surface area (Å²) in [6, 6.07) is 1.93. The molecule has 1 aromatic heterocycles. The Labute approximate surface area is 135 Å². The zero-order valence-electron chi connectivity index (χ0n) is 13.7. The summed E-state index contributed by atoms with van der Waals surface area (Å²) in [4.78, 5) is 23.4. The number of amides is 1. The van der Waals surface area contributed by atoms with Gasteiger partial charge in [0.05, 0.1) is 0 Å². The van der Waals surface area contributed by atoms with Crippen molar-refractivity contribution in [3.05, 3.63) is 23.3 Å². The molecule has 6 heteroatoms. The Hall–Kier alpha value is -1.59. The van der Waals surface area contributed by atoms with Crippen molar-refractivity contribution in [1.29, 1.82) is 0 Å². The monoisotopic (exact) mass is 323 g/mol. The van der Waals surface area contributed by atoms with Crippen LogP contribution in [0.25, 0.3) is 0 Å². The Morgan fingerprint density at radius 3 is 2.39 bits per heavy atom. The van der Waals surface area contributed by atoms with E-state index in [9.17, 15) is 13.6 Å². The minimum Gasteiger partial charge on any atom is -0.342 e. The predicted octanol–water partition coefficient (Wildman–Crippen LogP) is 3.23. The smallest absolute Gasteiger partial charge is 0.248 e. The molecule has 1 aliphatic heterocycles. The summed E-state index contributed by atoms with van der Waals surface area (Å²) in [6.45, 7) is 5.16. The van der Waals surface area contributed by atoms with Crippen molar-refractivity contribution in [2.45, 2.75) is 57.8 Å². The van der Waals surface area contributed by atoms with E-state index in [-0.39, 0.29) is 30.6 Å². The highest BCUT2D eigenvalue weighted by molar-refractivity contribution is 5.79. The summed E-state index contributed by atoms with van der Waals surface area (Å²) in [5, 5.41) is 0. The first-order chi connectivity index (χ1) is 10.8. The van der Waals surface area contributed by atoms with Crippen LogP contribution in [-0.4, -0.2) is 39.8 Å². The van der Waals surface area contributed by atoms with E-state index in [2.05, 4.69) is 9.97 Å². The molecule has 2 heterocycles. The Balaban J connectivity index is 1.62. The van der Waals surface area contributed by atoms with Gasteiger partial charge in [0, 0.05) is 49.2 Å². The molecule has 1 atom stereocenters. The summed E-state index contributed by atoms with van der Waals surface area (Å²) in [6.07, 6.45) is 1.11. The van der Waals surface area contributed by atoms with Crippen LogP contribution in [0.5, 0.6) is 0 Å². The van der Waals surface area contributed by atoms with E-state index in [0.29, 0.717) is 25.9 Å². The fraction of sp³-hybridized carbons (Fsp3) is 0.706. The third-order valence-corrected chi connectivity index (χ3v) is 4.93. The van der Waals surface area contributed by atoms with Crippen LogP contribution in [0.15, 0.2) is 6.07 Å². The second kappa shape index (κ2) is 6.13. The number of carbonyl (C=O) groups excluding carboxylic acids is 1. The molecule has 1 saturated carbocycles. The maximum absolute atomic E-state index is 13.2. The van der Waals surface area contributed by atoms with Crippen molar-refractivity contribution in [1.82, 2.24) is 14.9 Å². The third-order valence-electron chi connectivity index (χ3n) is 4.93. The molecule has 0 radical (unpaired) electrons. The molecule has 0 unspecified atom stereocenters. The fourth-order valence-corrected chi connectivity index (χ4v) is 3.65. The van der Waals surface area contributed by atoms with Gasteiger partial charge in [0.15, 0.2) is 0 Å². The molecule has 0 aromatic carbocycles. The van der Waals surface area contributed by atoms with E-state index in [1.165, 1.54) is 0 Å². The number of alkyl halides is 2. The van der Waals surface area contributed by atoms with Gasteiger partial charge in [-0.2, -0.15) is 0 Å². The summed E-state index contributed by atoms with van der Waals surface area (Å²) in [5.41, 5.74) is 1.87. The highest BCUT2D eigenvalue weighted by Crippen LogP contribution is 2.37. The number of halogens is 2. The minimum absolute atomic E-state index is 0.0346. The SMILES string of the molecule is Cc1cc(C)nc([C@H]2CCN(C(=O)C3CCC(F)(F)CC3)C2)n1. The van der Waals surface area contributed by atoms with Crippen molar-refractivity contribution in [3.8, 4) is 0 Å². The lowest BCUT2D eigenvalue weighted by atomic mass is 9.86. The van der Waals surface area contributed by atoms with Crippen LogP contribution < -0.4 is 0 Å². The Bertz CT molecular complexity index is 575. The van der Waals surface area contributed by atoms with Gasteiger partial charge in [0.1, 0.15) is 5.82 Å². The van der Waals surface area contributed by atoms with Crippen molar-refractivity contribution in [2.75, 3.05) is 13.1 Å². The number of hydrogen-bond donors (Lipinski definition) is 0. The summed E-state index contributed by atoms with van der Waals surface area (Å²) >= 11 is 0. The topological polar surface area (TPSA) is 46.1 Å². The molecule has 1 aliphatic carbocycles. The molecule has 0 spiro atoms. The van der Waals surface area contributed by atoms with Gasteiger partial charge < -0.3 is 4.90 Å². The summed E-state index contributed by atoms with van der Waals surface area (Å²) < 4.78 is 26.5. The van der Waals surface area contributed by atoms with Crippen molar-refractivity contribution in [3.63, 3.8) is 0 Å². The molecular weight excluding hydrogens is 300 g/mol. The van der Waals surface area contributed by atoms with Gasteiger partial charge in [0.25, 0.3) is 0 Å². The summed E-state index contributed by atoms with van der Waals surface area (Å²) in [5.74, 6) is -1.84. The quantitative estimate of drug-likeness (QED) is 0.839. The third kappa shape index (κ3) is 3.67. The average Bonchev–Trinajstić information content (AvgIpc) is 2.95. The number of carbonyl (C=O) groups is 1.